The van der Waals surface area contributed by atoms with Crippen LogP contribution in [-0.4, -0.2) is 42.4 Å². The van der Waals surface area contributed by atoms with Crippen molar-refractivity contribution in [2.45, 2.75) is 26.3 Å². The van der Waals surface area contributed by atoms with E-state index in [0.29, 0.717) is 55.1 Å². The number of amides is 2. The molecule has 1 aliphatic heterocycles. The van der Waals surface area contributed by atoms with Gasteiger partial charge in [-0.1, -0.05) is 0 Å². The highest BCUT2D eigenvalue weighted by Crippen LogP contribution is 2.21. The summed E-state index contributed by atoms with van der Waals surface area (Å²) in [6.07, 6.45) is 2.57. The summed E-state index contributed by atoms with van der Waals surface area (Å²) < 4.78 is 10.2. The molecule has 1 aromatic carbocycles. The number of furan rings is 1. The van der Waals surface area contributed by atoms with Gasteiger partial charge in [0.25, 0.3) is 11.8 Å². The number of carbonyl (C=O) groups is 3. The number of anilines is 1. The molecule has 1 saturated heterocycles. The molecule has 8 nitrogen and oxygen atoms in total. The predicted molar refractivity (Wildman–Crippen MR) is 106 cm³/mol. The first kappa shape index (κ1) is 20.6. The fourth-order valence-corrected chi connectivity index (χ4v) is 3.27. The second kappa shape index (κ2) is 9.38. The maximum atomic E-state index is 12.7. The van der Waals surface area contributed by atoms with Gasteiger partial charge in [-0.2, -0.15) is 0 Å². The fourth-order valence-electron chi connectivity index (χ4n) is 3.27. The van der Waals surface area contributed by atoms with Crippen LogP contribution in [0.5, 0.6) is 0 Å². The molecular weight excluding hydrogens is 374 g/mol. The normalized spacial score (nSPS) is 14.5. The molecule has 0 radical (unpaired) electrons. The van der Waals surface area contributed by atoms with E-state index in [-0.39, 0.29) is 30.2 Å². The topological polar surface area (TPSA) is 115 Å². The minimum atomic E-state index is -0.312. The van der Waals surface area contributed by atoms with Crippen molar-refractivity contribution in [3.63, 3.8) is 0 Å². The molecule has 29 heavy (non-hydrogen) atoms. The van der Waals surface area contributed by atoms with Gasteiger partial charge in [-0.25, -0.2) is 0 Å². The smallest absolute Gasteiger partial charge is 0.309 e. The lowest BCUT2D eigenvalue weighted by atomic mass is 9.96. The SMILES string of the molecule is CCOC(=O)C1CCN(C(=O)c2ccc(NC(=O)c3coc(CN)c3)cc2)CC1. The van der Waals surface area contributed by atoms with E-state index in [1.54, 1.807) is 42.2 Å². The third-order valence-corrected chi connectivity index (χ3v) is 4.91. The second-order valence-corrected chi connectivity index (χ2v) is 6.86. The second-order valence-electron chi connectivity index (χ2n) is 6.86. The van der Waals surface area contributed by atoms with Gasteiger partial charge in [-0.15, -0.1) is 0 Å². The zero-order valence-corrected chi connectivity index (χ0v) is 16.3. The molecule has 2 aromatic rings. The average molecular weight is 399 g/mol. The molecule has 1 fully saturated rings. The van der Waals surface area contributed by atoms with E-state index in [4.69, 9.17) is 14.9 Å². The van der Waals surface area contributed by atoms with Crippen molar-refractivity contribution < 1.29 is 23.5 Å². The number of nitrogens with two attached hydrogens (primary N) is 1. The molecule has 0 bridgehead atoms. The zero-order chi connectivity index (χ0) is 20.8. The van der Waals surface area contributed by atoms with E-state index in [0.717, 1.165) is 0 Å². The summed E-state index contributed by atoms with van der Waals surface area (Å²) in [5.41, 5.74) is 6.96. The Balaban J connectivity index is 1.55. The number of rotatable bonds is 6. The molecule has 0 atom stereocenters. The highest BCUT2D eigenvalue weighted by atomic mass is 16.5. The molecule has 8 heteroatoms. The Hall–Kier alpha value is -3.13. The third-order valence-electron chi connectivity index (χ3n) is 4.91. The van der Waals surface area contributed by atoms with Crippen LogP contribution in [0.3, 0.4) is 0 Å². The molecule has 0 saturated carbocycles. The quantitative estimate of drug-likeness (QED) is 0.721. The van der Waals surface area contributed by atoms with Gasteiger partial charge in [0.1, 0.15) is 12.0 Å². The van der Waals surface area contributed by atoms with Crippen LogP contribution in [0.1, 0.15) is 46.2 Å². The Bertz CT molecular complexity index is 867. The largest absolute Gasteiger partial charge is 0.467 e. The standard InChI is InChI=1S/C21H25N3O5/c1-2-28-21(27)15-7-9-24(10-8-15)20(26)14-3-5-17(6-4-14)23-19(25)16-11-18(12-22)29-13-16/h3-6,11,13,15H,2,7-10,12,22H2,1H3,(H,23,25). The van der Waals surface area contributed by atoms with E-state index in [1.807, 2.05) is 0 Å². The first-order valence-corrected chi connectivity index (χ1v) is 9.66. The summed E-state index contributed by atoms with van der Waals surface area (Å²) in [7, 11) is 0. The van der Waals surface area contributed by atoms with Crippen LogP contribution < -0.4 is 11.1 Å². The van der Waals surface area contributed by atoms with Crippen LogP contribution in [0.4, 0.5) is 5.69 Å². The molecule has 154 valence electrons. The zero-order valence-electron chi connectivity index (χ0n) is 16.3. The maximum absolute atomic E-state index is 12.7. The molecule has 2 heterocycles. The van der Waals surface area contributed by atoms with E-state index >= 15 is 0 Å². The Morgan fingerprint density at radius 1 is 1.17 bits per heavy atom. The number of nitrogens with zero attached hydrogens (tertiary/aromatic N) is 1. The molecule has 2 amide bonds. The number of likely N-dealkylation sites (tertiary alicyclic amines) is 1. The number of carbonyl (C=O) groups excluding carboxylic acids is 3. The molecule has 0 spiro atoms. The number of benzene rings is 1. The Kier molecular flexibility index (Phi) is 6.66. The van der Waals surface area contributed by atoms with Gasteiger partial charge >= 0.3 is 5.97 Å². The summed E-state index contributed by atoms with van der Waals surface area (Å²) in [6, 6.07) is 8.31. The lowest BCUT2D eigenvalue weighted by molar-refractivity contribution is -0.149. The van der Waals surface area contributed by atoms with Gasteiger partial charge in [0.2, 0.25) is 0 Å². The fraction of sp³-hybridized carbons (Fsp3) is 0.381. The van der Waals surface area contributed by atoms with Crippen LogP contribution in [-0.2, 0) is 16.1 Å². The van der Waals surface area contributed by atoms with Crippen LogP contribution >= 0.6 is 0 Å². The van der Waals surface area contributed by atoms with E-state index in [9.17, 15) is 14.4 Å². The summed E-state index contributed by atoms with van der Waals surface area (Å²) >= 11 is 0. The number of piperidine rings is 1. The summed E-state index contributed by atoms with van der Waals surface area (Å²) in [4.78, 5) is 38.5. The van der Waals surface area contributed by atoms with Crippen molar-refractivity contribution in [3.05, 3.63) is 53.5 Å². The summed E-state index contributed by atoms with van der Waals surface area (Å²) in [6.45, 7) is 3.42. The molecule has 0 unspecified atom stereocenters. The lowest BCUT2D eigenvalue weighted by Gasteiger charge is -2.31. The number of hydrogen-bond donors (Lipinski definition) is 2. The van der Waals surface area contributed by atoms with Gasteiger partial charge in [0.05, 0.1) is 24.6 Å². The predicted octanol–water partition coefficient (Wildman–Crippen LogP) is 2.41. The van der Waals surface area contributed by atoms with Crippen LogP contribution in [0.2, 0.25) is 0 Å². The summed E-state index contributed by atoms with van der Waals surface area (Å²) in [5, 5.41) is 2.76. The first-order chi connectivity index (χ1) is 14.0. The van der Waals surface area contributed by atoms with Crippen molar-refractivity contribution in [1.82, 2.24) is 4.90 Å². The Labute approximate surface area is 169 Å². The van der Waals surface area contributed by atoms with E-state index in [2.05, 4.69) is 5.32 Å². The minimum absolute atomic E-state index is 0.0902. The van der Waals surface area contributed by atoms with E-state index in [1.165, 1.54) is 6.26 Å². The monoisotopic (exact) mass is 399 g/mol. The molecule has 3 N–H and O–H groups in total. The van der Waals surface area contributed by atoms with Gasteiger partial charge in [0.15, 0.2) is 0 Å². The first-order valence-electron chi connectivity index (χ1n) is 9.66. The lowest BCUT2D eigenvalue weighted by Crippen LogP contribution is -2.40. The number of nitrogens with one attached hydrogen (secondary N) is 1. The third kappa shape index (κ3) is 5.03. The van der Waals surface area contributed by atoms with Gasteiger partial charge in [0, 0.05) is 24.3 Å². The maximum Gasteiger partial charge on any atom is 0.309 e. The molecule has 1 aromatic heterocycles. The van der Waals surface area contributed by atoms with Crippen molar-refractivity contribution in [2.75, 3.05) is 25.0 Å². The molecule has 3 rings (SSSR count). The summed E-state index contributed by atoms with van der Waals surface area (Å²) in [5.74, 6) is -0.195. The van der Waals surface area contributed by atoms with Crippen LogP contribution in [0, 0.1) is 5.92 Å². The molecule has 1 aliphatic rings. The van der Waals surface area contributed by atoms with Crippen molar-refractivity contribution >= 4 is 23.5 Å². The Morgan fingerprint density at radius 2 is 1.86 bits per heavy atom. The number of hydrogen-bond acceptors (Lipinski definition) is 6. The van der Waals surface area contributed by atoms with Gasteiger partial charge in [-0.3, -0.25) is 14.4 Å². The Morgan fingerprint density at radius 3 is 2.45 bits per heavy atom. The number of ether oxygens (including phenoxy) is 1. The molecular formula is C21H25N3O5. The van der Waals surface area contributed by atoms with Crippen molar-refractivity contribution in [2.24, 2.45) is 11.7 Å². The van der Waals surface area contributed by atoms with Gasteiger partial charge in [-0.05, 0) is 50.1 Å². The van der Waals surface area contributed by atoms with Crippen LogP contribution in [0.25, 0.3) is 0 Å². The highest BCUT2D eigenvalue weighted by Gasteiger charge is 2.28. The highest BCUT2D eigenvalue weighted by molar-refractivity contribution is 6.04. The molecule has 0 aliphatic carbocycles. The van der Waals surface area contributed by atoms with E-state index < -0.39 is 0 Å². The minimum Gasteiger partial charge on any atom is -0.467 e. The average Bonchev–Trinajstić information content (AvgIpc) is 3.24. The number of esters is 1. The van der Waals surface area contributed by atoms with Crippen LogP contribution in [0.15, 0.2) is 41.0 Å². The van der Waals surface area contributed by atoms with Crippen molar-refractivity contribution in [3.8, 4) is 0 Å². The van der Waals surface area contributed by atoms with Crippen molar-refractivity contribution in [1.29, 1.82) is 0 Å². The van der Waals surface area contributed by atoms with Gasteiger partial charge < -0.3 is 25.1 Å².